The van der Waals surface area contributed by atoms with Crippen LogP contribution in [0.5, 0.6) is 5.75 Å². The van der Waals surface area contributed by atoms with Crippen LogP contribution in [0.25, 0.3) is 0 Å². The summed E-state index contributed by atoms with van der Waals surface area (Å²) < 4.78 is 6.82. The van der Waals surface area contributed by atoms with Gasteiger partial charge in [-0.1, -0.05) is 76.6 Å². The Kier molecular flexibility index (Phi) is 6.24. The van der Waals surface area contributed by atoms with Gasteiger partial charge in [0.1, 0.15) is 18.3 Å². The first-order valence-electron chi connectivity index (χ1n) is 12.0. The van der Waals surface area contributed by atoms with E-state index in [4.69, 9.17) is 9.57 Å². The number of anilines is 2. The van der Waals surface area contributed by atoms with Crippen LogP contribution < -0.4 is 14.7 Å². The molecule has 2 aliphatic heterocycles. The topological polar surface area (TPSA) is 59.1 Å². The first-order valence-corrected chi connectivity index (χ1v) is 12.8. The molecule has 6 nitrogen and oxygen atoms in total. The lowest BCUT2D eigenvalue weighted by Crippen LogP contribution is -2.37. The molecule has 37 heavy (non-hydrogen) atoms. The van der Waals surface area contributed by atoms with Crippen LogP contribution in [0, 0.1) is 5.92 Å². The van der Waals surface area contributed by atoms with Crippen LogP contribution in [0.1, 0.15) is 17.2 Å². The number of imide groups is 1. The minimum atomic E-state index is -0.907. The van der Waals surface area contributed by atoms with Gasteiger partial charge in [0.15, 0.2) is 6.10 Å². The number of fused-ring (bicyclic) bond motifs is 1. The predicted molar refractivity (Wildman–Crippen MR) is 144 cm³/mol. The number of benzene rings is 4. The van der Waals surface area contributed by atoms with Gasteiger partial charge in [0.2, 0.25) is 5.91 Å². The van der Waals surface area contributed by atoms with Gasteiger partial charge in [-0.3, -0.25) is 14.4 Å². The van der Waals surface area contributed by atoms with Gasteiger partial charge in [-0.2, -0.15) is 0 Å². The number of carbonyl (C=O) groups excluding carboxylic acids is 2. The maximum absolute atomic E-state index is 13.7. The van der Waals surface area contributed by atoms with E-state index in [0.717, 1.165) is 27.0 Å². The van der Waals surface area contributed by atoms with Gasteiger partial charge in [0.05, 0.1) is 17.4 Å². The van der Waals surface area contributed by atoms with Crippen molar-refractivity contribution in [3.8, 4) is 5.75 Å². The summed E-state index contributed by atoms with van der Waals surface area (Å²) >= 11 is 3.41. The normalized spacial score (nSPS) is 20.8. The Labute approximate surface area is 223 Å². The number of hydroxylamine groups is 1. The van der Waals surface area contributed by atoms with Crippen molar-refractivity contribution >= 4 is 39.1 Å². The quantitative estimate of drug-likeness (QED) is 0.270. The molecule has 0 saturated carbocycles. The highest BCUT2D eigenvalue weighted by Crippen LogP contribution is 2.47. The molecule has 2 fully saturated rings. The zero-order valence-corrected chi connectivity index (χ0v) is 21.3. The maximum atomic E-state index is 13.7. The Morgan fingerprint density at radius 2 is 1.38 bits per heavy atom. The monoisotopic (exact) mass is 554 g/mol. The van der Waals surface area contributed by atoms with Crippen LogP contribution in [-0.4, -0.2) is 17.9 Å². The second-order valence-corrected chi connectivity index (χ2v) is 9.91. The number of ether oxygens (including phenoxy) is 1. The number of halogens is 1. The van der Waals surface area contributed by atoms with E-state index >= 15 is 0 Å². The molecule has 3 atom stereocenters. The lowest BCUT2D eigenvalue weighted by Gasteiger charge is -2.28. The Balaban J connectivity index is 1.31. The standard InChI is InChI=1S/C30H23BrN2O4/c31-22-13-15-23(16-14-22)32-29(34)26-27(33(37-28(26)30(32)35)24-9-5-2-6-10-24)21-11-17-25(18-12-21)36-19-20-7-3-1-4-8-20/h1-18,26-28H,19H2/t26-,27-,28-/m0/s1. The molecule has 0 bridgehead atoms. The summed E-state index contributed by atoms with van der Waals surface area (Å²) in [6.07, 6.45) is -0.907. The predicted octanol–water partition coefficient (Wildman–Crippen LogP) is 6.08. The summed E-state index contributed by atoms with van der Waals surface area (Å²) in [7, 11) is 0. The zero-order chi connectivity index (χ0) is 25.4. The minimum Gasteiger partial charge on any atom is -0.489 e. The second kappa shape index (κ2) is 9.84. The molecule has 6 rings (SSSR count). The molecule has 0 unspecified atom stereocenters. The van der Waals surface area contributed by atoms with E-state index in [2.05, 4.69) is 15.9 Å². The van der Waals surface area contributed by atoms with E-state index < -0.39 is 18.1 Å². The average Bonchev–Trinajstić information content (AvgIpc) is 3.45. The first kappa shape index (κ1) is 23.5. The van der Waals surface area contributed by atoms with Crippen LogP contribution in [0.15, 0.2) is 114 Å². The molecule has 7 heteroatoms. The van der Waals surface area contributed by atoms with E-state index in [1.165, 1.54) is 4.90 Å². The molecule has 0 N–H and O–H groups in total. The summed E-state index contributed by atoms with van der Waals surface area (Å²) in [5, 5.41) is 1.70. The van der Waals surface area contributed by atoms with Gasteiger partial charge in [-0.25, -0.2) is 9.96 Å². The number of para-hydroxylation sites is 1. The smallest absolute Gasteiger partial charge is 0.266 e. The highest BCUT2D eigenvalue weighted by atomic mass is 79.9. The summed E-state index contributed by atoms with van der Waals surface area (Å²) in [5.41, 5.74) is 3.26. The fourth-order valence-electron chi connectivity index (χ4n) is 4.90. The molecular weight excluding hydrogens is 532 g/mol. The number of carbonyl (C=O) groups is 2. The lowest BCUT2D eigenvalue weighted by atomic mass is 9.90. The van der Waals surface area contributed by atoms with Crippen LogP contribution in [-0.2, 0) is 21.0 Å². The van der Waals surface area contributed by atoms with Crippen molar-refractivity contribution < 1.29 is 19.2 Å². The van der Waals surface area contributed by atoms with Crippen molar-refractivity contribution in [2.75, 3.05) is 9.96 Å². The summed E-state index contributed by atoms with van der Waals surface area (Å²) in [6.45, 7) is 0.461. The highest BCUT2D eigenvalue weighted by molar-refractivity contribution is 9.10. The summed E-state index contributed by atoms with van der Waals surface area (Å²) in [4.78, 5) is 34.6. The van der Waals surface area contributed by atoms with E-state index in [-0.39, 0.29) is 11.8 Å². The molecule has 2 aliphatic rings. The van der Waals surface area contributed by atoms with E-state index in [1.807, 2.05) is 97.1 Å². The van der Waals surface area contributed by atoms with Crippen molar-refractivity contribution in [2.45, 2.75) is 18.8 Å². The third-order valence-electron chi connectivity index (χ3n) is 6.68. The molecule has 2 amide bonds. The van der Waals surface area contributed by atoms with Crippen molar-refractivity contribution in [3.05, 3.63) is 125 Å². The average molecular weight is 555 g/mol. The van der Waals surface area contributed by atoms with Crippen molar-refractivity contribution in [2.24, 2.45) is 5.92 Å². The van der Waals surface area contributed by atoms with Gasteiger partial charge in [0, 0.05) is 4.47 Å². The van der Waals surface area contributed by atoms with E-state index in [1.54, 1.807) is 17.2 Å². The summed E-state index contributed by atoms with van der Waals surface area (Å²) in [6, 6.07) is 33.8. The fraction of sp³-hybridized carbons (Fsp3) is 0.133. The van der Waals surface area contributed by atoms with Gasteiger partial charge >= 0.3 is 0 Å². The highest BCUT2D eigenvalue weighted by Gasteiger charge is 2.60. The van der Waals surface area contributed by atoms with Crippen LogP contribution in [0.2, 0.25) is 0 Å². The number of rotatable bonds is 6. The molecule has 0 aliphatic carbocycles. The number of hydrogen-bond donors (Lipinski definition) is 0. The molecule has 0 aromatic heterocycles. The Hall–Kier alpha value is -3.94. The van der Waals surface area contributed by atoms with Gasteiger partial charge in [0.25, 0.3) is 5.91 Å². The Morgan fingerprint density at radius 1 is 0.730 bits per heavy atom. The van der Waals surface area contributed by atoms with Crippen LogP contribution in [0.3, 0.4) is 0 Å². The van der Waals surface area contributed by atoms with Crippen molar-refractivity contribution in [1.82, 2.24) is 0 Å². The largest absolute Gasteiger partial charge is 0.489 e. The molecule has 4 aromatic carbocycles. The maximum Gasteiger partial charge on any atom is 0.266 e. The number of hydrogen-bond acceptors (Lipinski definition) is 5. The third kappa shape index (κ3) is 4.41. The molecule has 2 saturated heterocycles. The van der Waals surface area contributed by atoms with E-state index in [9.17, 15) is 9.59 Å². The van der Waals surface area contributed by atoms with Gasteiger partial charge < -0.3 is 4.74 Å². The molecule has 184 valence electrons. The number of amides is 2. The molecule has 4 aromatic rings. The second-order valence-electron chi connectivity index (χ2n) is 8.99. The van der Waals surface area contributed by atoms with E-state index in [0.29, 0.717) is 12.3 Å². The number of nitrogens with zero attached hydrogens (tertiary/aromatic N) is 2. The lowest BCUT2D eigenvalue weighted by molar-refractivity contribution is -0.126. The molecular formula is C30H23BrN2O4. The SMILES string of the molecule is O=C1[C@@H]2[C@H](ON(c3ccccc3)[C@H]2c2ccc(OCc3ccccc3)cc2)C(=O)N1c1ccc(Br)cc1. The van der Waals surface area contributed by atoms with Crippen LogP contribution in [0.4, 0.5) is 11.4 Å². The minimum absolute atomic E-state index is 0.273. The molecule has 2 heterocycles. The third-order valence-corrected chi connectivity index (χ3v) is 7.21. The zero-order valence-electron chi connectivity index (χ0n) is 19.7. The van der Waals surface area contributed by atoms with Crippen molar-refractivity contribution in [1.29, 1.82) is 0 Å². The van der Waals surface area contributed by atoms with Gasteiger partial charge in [-0.05, 0) is 59.7 Å². The van der Waals surface area contributed by atoms with Crippen LogP contribution >= 0.6 is 15.9 Å². The molecule has 0 radical (unpaired) electrons. The van der Waals surface area contributed by atoms with Crippen molar-refractivity contribution in [3.63, 3.8) is 0 Å². The van der Waals surface area contributed by atoms with Gasteiger partial charge in [-0.15, -0.1) is 0 Å². The molecule has 0 spiro atoms. The Bertz CT molecular complexity index is 1410. The Morgan fingerprint density at radius 3 is 2.05 bits per heavy atom. The fourth-order valence-corrected chi connectivity index (χ4v) is 5.16. The first-order chi connectivity index (χ1) is 18.1. The summed E-state index contributed by atoms with van der Waals surface area (Å²) in [5.74, 6) is -0.596.